The number of phenolic OH excluding ortho intramolecular Hbond substituents is 1. The number of hydrogen-bond acceptors (Lipinski definition) is 12. The molecule has 0 spiro atoms. The van der Waals surface area contributed by atoms with Crippen molar-refractivity contribution in [1.82, 2.24) is 4.90 Å². The molecule has 1 saturated carbocycles. The molecule has 1 aromatic carbocycles. The third-order valence-electron chi connectivity index (χ3n) is 7.45. The Morgan fingerprint density at radius 3 is 2.36 bits per heavy atom. The summed E-state index contributed by atoms with van der Waals surface area (Å²) in [5.41, 5.74) is -1.02. The quantitative estimate of drug-likeness (QED) is 0.146. The van der Waals surface area contributed by atoms with Gasteiger partial charge in [0.25, 0.3) is 5.91 Å². The predicted octanol–water partition coefficient (Wildman–Crippen LogP) is 0.275. The number of nitro benzene ring substituents is 1. The Morgan fingerprint density at radius 2 is 1.85 bits per heavy atom. The van der Waals surface area contributed by atoms with Crippen molar-refractivity contribution in [1.29, 1.82) is 0 Å². The molecule has 1 fully saturated rings. The summed E-state index contributed by atoms with van der Waals surface area (Å²) in [5, 5.41) is 56.2. The number of ether oxygens (including phenoxy) is 1. The lowest BCUT2D eigenvalue weighted by molar-refractivity contribution is -0.385. The van der Waals surface area contributed by atoms with Crippen LogP contribution in [0, 0.1) is 22.0 Å². The Hall–Kier alpha value is -4.56. The number of rotatable bonds is 5. The molecule has 0 aromatic heterocycles. The molecule has 206 valence electrons. The smallest absolute Gasteiger partial charge is 0.311 e. The van der Waals surface area contributed by atoms with Gasteiger partial charge in [0.1, 0.15) is 23.2 Å². The van der Waals surface area contributed by atoms with Crippen molar-refractivity contribution >= 4 is 40.5 Å². The summed E-state index contributed by atoms with van der Waals surface area (Å²) in [6.07, 6.45) is -1.82. The molecule has 3 aliphatic carbocycles. The van der Waals surface area contributed by atoms with E-state index in [1.54, 1.807) is 0 Å². The summed E-state index contributed by atoms with van der Waals surface area (Å²) in [7, 11) is 2.77. The van der Waals surface area contributed by atoms with E-state index in [1.165, 1.54) is 32.0 Å². The topological polar surface area (TPSA) is 231 Å². The van der Waals surface area contributed by atoms with Gasteiger partial charge in [-0.1, -0.05) is 13.5 Å². The number of benzene rings is 1. The minimum atomic E-state index is -3.13. The molecule has 0 unspecified atom stereocenters. The van der Waals surface area contributed by atoms with Gasteiger partial charge in [0.05, 0.1) is 33.9 Å². The van der Waals surface area contributed by atoms with Crippen molar-refractivity contribution in [2.45, 2.75) is 31.1 Å². The maximum Gasteiger partial charge on any atom is 0.311 e. The number of primary amides is 1. The Balaban J connectivity index is 2.14. The number of aliphatic hydroxyl groups excluding tert-OH is 2. The van der Waals surface area contributed by atoms with Crippen molar-refractivity contribution < 1.29 is 49.3 Å². The van der Waals surface area contributed by atoms with Gasteiger partial charge in [0, 0.05) is 12.5 Å². The van der Waals surface area contributed by atoms with E-state index in [4.69, 9.17) is 10.5 Å². The van der Waals surface area contributed by atoms with Gasteiger partial charge in [-0.15, -0.1) is 0 Å². The molecular formula is C25H25N3O11. The Bertz CT molecular complexity index is 1460. The van der Waals surface area contributed by atoms with Crippen LogP contribution in [0.4, 0.5) is 5.69 Å². The predicted molar refractivity (Wildman–Crippen MR) is 132 cm³/mol. The molecule has 0 bridgehead atoms. The monoisotopic (exact) mass is 543 g/mol. The fraction of sp³-hybridized carbons (Fsp3) is 0.360. The first-order valence-electron chi connectivity index (χ1n) is 11.7. The molecule has 0 saturated heterocycles. The van der Waals surface area contributed by atoms with Crippen LogP contribution in [-0.4, -0.2) is 85.5 Å². The summed E-state index contributed by atoms with van der Waals surface area (Å²) in [4.78, 5) is 63.9. The molecule has 14 nitrogen and oxygen atoms in total. The van der Waals surface area contributed by atoms with Gasteiger partial charge in [0.15, 0.2) is 11.4 Å². The zero-order valence-corrected chi connectivity index (χ0v) is 21.0. The molecule has 1 amide bonds. The number of carbonyl (C=O) groups excluding carboxylic acids is 4. The normalized spacial score (nSPS) is 28.2. The van der Waals surface area contributed by atoms with E-state index in [-0.39, 0.29) is 17.6 Å². The first-order valence-corrected chi connectivity index (χ1v) is 11.7. The van der Waals surface area contributed by atoms with Crippen molar-refractivity contribution in [3.63, 3.8) is 0 Å². The van der Waals surface area contributed by atoms with Crippen LogP contribution in [-0.2, 0) is 23.9 Å². The molecule has 39 heavy (non-hydrogen) atoms. The third-order valence-corrected chi connectivity index (χ3v) is 7.45. The third kappa shape index (κ3) is 3.55. The number of hydrogen-bond donors (Lipinski definition) is 5. The maximum atomic E-state index is 14.0. The number of phenols is 1. The molecule has 0 heterocycles. The Labute approximate surface area is 220 Å². The van der Waals surface area contributed by atoms with Crippen LogP contribution >= 0.6 is 0 Å². The number of Topliss-reactive ketones (excluding diaryl/α,β-unsaturated/α-hetero) is 2. The molecule has 14 heteroatoms. The van der Waals surface area contributed by atoms with Crippen LogP contribution in [0.3, 0.4) is 0 Å². The molecule has 1 aromatic rings. The number of fused-ring (bicyclic) bond motifs is 3. The number of ketones is 2. The van der Waals surface area contributed by atoms with E-state index in [0.29, 0.717) is 0 Å². The summed E-state index contributed by atoms with van der Waals surface area (Å²) in [5.74, 6) is -11.3. The first kappa shape index (κ1) is 27.5. The minimum absolute atomic E-state index is 0.0266. The van der Waals surface area contributed by atoms with Gasteiger partial charge in [-0.2, -0.15) is 0 Å². The summed E-state index contributed by atoms with van der Waals surface area (Å²) < 4.78 is 5.64. The minimum Gasteiger partial charge on any atom is -0.508 e. The number of nitrogens with two attached hydrogens (primary N) is 1. The molecule has 6 N–H and O–H groups in total. The molecule has 5 atom stereocenters. The van der Waals surface area contributed by atoms with Crippen LogP contribution in [0.1, 0.15) is 24.5 Å². The molecular weight excluding hydrogens is 518 g/mol. The molecule has 3 aliphatic rings. The van der Waals surface area contributed by atoms with Crippen LogP contribution in [0.2, 0.25) is 0 Å². The lowest BCUT2D eigenvalue weighted by Crippen LogP contribution is -2.70. The molecule has 0 radical (unpaired) electrons. The van der Waals surface area contributed by atoms with Gasteiger partial charge in [-0.3, -0.25) is 34.2 Å². The summed E-state index contributed by atoms with van der Waals surface area (Å²) >= 11 is 0. The summed E-state index contributed by atoms with van der Waals surface area (Å²) in [6, 6.07) is 0.589. The number of likely N-dealkylation sites (N-methyl/N-ethyl adjacent to an activating group) is 1. The average Bonchev–Trinajstić information content (AvgIpc) is 2.84. The second-order valence-corrected chi connectivity index (χ2v) is 9.67. The number of aliphatic hydroxyl groups is 3. The SMILES string of the molecule is C=C1c2ccc([N+](=O)[O-])c(O)c2C(O)=C2C(=O)[C@]3(O)C(O)=C(C(N)=O)C(=O)[C@H](N(C)C)[C@@H]3[C@H](OC(=O)CC)[C@@H]12. The van der Waals surface area contributed by atoms with Gasteiger partial charge in [-0.05, 0) is 31.3 Å². The highest BCUT2D eigenvalue weighted by atomic mass is 16.6. The van der Waals surface area contributed by atoms with Gasteiger partial charge < -0.3 is 30.9 Å². The van der Waals surface area contributed by atoms with Crippen LogP contribution in [0.15, 0.2) is 35.6 Å². The van der Waals surface area contributed by atoms with Crippen molar-refractivity contribution in [3.05, 3.63) is 56.9 Å². The van der Waals surface area contributed by atoms with Crippen LogP contribution in [0.5, 0.6) is 5.75 Å². The van der Waals surface area contributed by atoms with Crippen molar-refractivity contribution in [2.24, 2.45) is 17.6 Å². The van der Waals surface area contributed by atoms with E-state index in [0.717, 1.165) is 6.07 Å². The first-order chi connectivity index (χ1) is 18.1. The number of amides is 1. The Morgan fingerprint density at radius 1 is 1.23 bits per heavy atom. The lowest BCUT2D eigenvalue weighted by Gasteiger charge is -2.53. The zero-order valence-electron chi connectivity index (χ0n) is 21.0. The standard InChI is InChI=1S/C25H25N3O11/c1-5-11(29)39-21-12-8(2)9-6-7-10(28(37)38)18(30)13(9)19(31)14(12)22(33)25(36)16(21)17(27(3)4)20(32)15(23(25)34)24(26)35/h6-7,12,16-17,21,30-31,34,36H,2,5H2,1,3-4H3,(H2,26,35)/t12-,16+,17+,21+,25-/m0/s1. The number of nitrogens with zero attached hydrogens (tertiary/aromatic N) is 2. The highest BCUT2D eigenvalue weighted by molar-refractivity contribution is 6.25. The van der Waals surface area contributed by atoms with Gasteiger partial charge >= 0.3 is 11.7 Å². The van der Waals surface area contributed by atoms with Crippen molar-refractivity contribution in [2.75, 3.05) is 14.1 Å². The van der Waals surface area contributed by atoms with Crippen LogP contribution < -0.4 is 5.73 Å². The van der Waals surface area contributed by atoms with Gasteiger partial charge in [-0.25, -0.2) is 0 Å². The van der Waals surface area contributed by atoms with E-state index in [1.807, 2.05) is 0 Å². The fourth-order valence-electron chi connectivity index (χ4n) is 5.73. The molecule has 4 rings (SSSR count). The average molecular weight is 543 g/mol. The number of esters is 1. The van der Waals surface area contributed by atoms with Gasteiger partial charge in [0.2, 0.25) is 11.5 Å². The number of nitro groups is 1. The largest absolute Gasteiger partial charge is 0.508 e. The number of aromatic hydroxyl groups is 1. The van der Waals surface area contributed by atoms with Crippen LogP contribution in [0.25, 0.3) is 11.3 Å². The maximum absolute atomic E-state index is 14.0. The lowest BCUT2D eigenvalue weighted by atomic mass is 9.55. The molecule has 0 aliphatic heterocycles. The van der Waals surface area contributed by atoms with E-state index >= 15 is 0 Å². The summed E-state index contributed by atoms with van der Waals surface area (Å²) in [6.45, 7) is 5.38. The van der Waals surface area contributed by atoms with E-state index in [2.05, 4.69) is 6.58 Å². The zero-order chi connectivity index (χ0) is 29.3. The second kappa shape index (κ2) is 9.03. The Kier molecular flexibility index (Phi) is 6.36. The highest BCUT2D eigenvalue weighted by Crippen LogP contribution is 2.57. The fourth-order valence-corrected chi connectivity index (χ4v) is 5.73. The highest BCUT2D eigenvalue weighted by Gasteiger charge is 2.69. The van der Waals surface area contributed by atoms with Crippen molar-refractivity contribution in [3.8, 4) is 5.75 Å². The van der Waals surface area contributed by atoms with E-state index in [9.17, 15) is 49.7 Å². The number of carbonyl (C=O) groups is 4. The van der Waals surface area contributed by atoms with E-state index < -0.39 is 97.6 Å². The second-order valence-electron chi connectivity index (χ2n) is 9.67.